The van der Waals surface area contributed by atoms with Gasteiger partial charge in [-0.1, -0.05) is 48.0 Å². The Labute approximate surface area is 174 Å². The molecule has 1 N–H and O–H groups in total. The molecule has 0 bridgehead atoms. The van der Waals surface area contributed by atoms with Crippen LogP contribution in [0.25, 0.3) is 0 Å². The summed E-state index contributed by atoms with van der Waals surface area (Å²) in [5.74, 6) is -0.131. The van der Waals surface area contributed by atoms with Crippen LogP contribution < -0.4 is 5.32 Å². The van der Waals surface area contributed by atoms with E-state index >= 15 is 0 Å². The van der Waals surface area contributed by atoms with Crippen molar-refractivity contribution in [1.29, 1.82) is 0 Å². The second-order valence-corrected chi connectivity index (χ2v) is 10.0. The number of fused-ring (bicyclic) bond motifs is 1. The maximum Gasteiger partial charge on any atom is 0.243 e. The van der Waals surface area contributed by atoms with Crippen molar-refractivity contribution >= 4 is 32.4 Å². The van der Waals surface area contributed by atoms with Gasteiger partial charge in [-0.15, -0.1) is 11.3 Å². The van der Waals surface area contributed by atoms with E-state index in [1.54, 1.807) is 30.3 Å². The van der Waals surface area contributed by atoms with Crippen molar-refractivity contribution < 1.29 is 13.2 Å². The number of hydrogen-bond donors (Lipinski definition) is 1. The Morgan fingerprint density at radius 2 is 1.86 bits per heavy atom. The topological polar surface area (TPSA) is 79.4 Å². The molecule has 1 aliphatic rings. The molecule has 0 saturated carbocycles. The average Bonchev–Trinajstić information content (AvgIpc) is 3.11. The number of aryl methyl sites for hydroxylation is 1. The molecule has 6 nitrogen and oxygen atoms in total. The minimum Gasteiger partial charge on any atom is -0.302 e. The van der Waals surface area contributed by atoms with E-state index in [9.17, 15) is 13.2 Å². The second kappa shape index (κ2) is 8.06. The van der Waals surface area contributed by atoms with Crippen molar-refractivity contribution in [1.82, 2.24) is 9.29 Å². The number of carbonyl (C=O) groups excluding carboxylic acids is 1. The lowest BCUT2D eigenvalue weighted by molar-refractivity contribution is -0.115. The molecule has 29 heavy (non-hydrogen) atoms. The molecular weight excluding hydrogens is 406 g/mol. The van der Waals surface area contributed by atoms with E-state index in [0.29, 0.717) is 23.0 Å². The summed E-state index contributed by atoms with van der Waals surface area (Å²) in [6.07, 6.45) is 0.810. The summed E-state index contributed by atoms with van der Waals surface area (Å²) in [6, 6.07) is 16.3. The number of thiazole rings is 1. The van der Waals surface area contributed by atoms with E-state index in [0.717, 1.165) is 21.7 Å². The van der Waals surface area contributed by atoms with Gasteiger partial charge >= 0.3 is 0 Å². The van der Waals surface area contributed by atoms with Crippen LogP contribution in [0.15, 0.2) is 59.5 Å². The molecule has 3 aromatic rings. The molecule has 0 atom stereocenters. The SMILES string of the molecule is Cc1ccc(CC(=O)Nc2nc3c(s2)CN(S(=O)(=O)c2ccccc2)CC3)cc1. The van der Waals surface area contributed by atoms with E-state index in [-0.39, 0.29) is 18.9 Å². The molecule has 8 heteroatoms. The lowest BCUT2D eigenvalue weighted by atomic mass is 10.1. The average molecular weight is 428 g/mol. The molecule has 0 aliphatic carbocycles. The van der Waals surface area contributed by atoms with Crippen molar-refractivity contribution in [2.75, 3.05) is 11.9 Å². The highest BCUT2D eigenvalue weighted by Crippen LogP contribution is 2.31. The van der Waals surface area contributed by atoms with Crippen LogP contribution in [0.5, 0.6) is 0 Å². The van der Waals surface area contributed by atoms with E-state index in [2.05, 4.69) is 10.3 Å². The molecule has 2 heterocycles. The largest absolute Gasteiger partial charge is 0.302 e. The Morgan fingerprint density at radius 1 is 1.14 bits per heavy atom. The van der Waals surface area contributed by atoms with Crippen LogP contribution in [0.3, 0.4) is 0 Å². The Hall–Kier alpha value is -2.55. The monoisotopic (exact) mass is 427 g/mol. The third kappa shape index (κ3) is 4.39. The number of benzene rings is 2. The number of aromatic nitrogens is 1. The molecule has 0 radical (unpaired) electrons. The van der Waals surface area contributed by atoms with Gasteiger partial charge < -0.3 is 5.32 Å². The summed E-state index contributed by atoms with van der Waals surface area (Å²) < 4.78 is 27.2. The first-order valence-electron chi connectivity index (χ1n) is 9.31. The first-order chi connectivity index (χ1) is 13.9. The summed E-state index contributed by atoms with van der Waals surface area (Å²) >= 11 is 1.34. The van der Waals surface area contributed by atoms with Gasteiger partial charge in [0.2, 0.25) is 15.9 Å². The second-order valence-electron chi connectivity index (χ2n) is 7.00. The Morgan fingerprint density at radius 3 is 2.59 bits per heavy atom. The van der Waals surface area contributed by atoms with Crippen molar-refractivity contribution in [3.8, 4) is 0 Å². The lowest BCUT2D eigenvalue weighted by Gasteiger charge is -2.25. The van der Waals surface area contributed by atoms with Gasteiger partial charge in [-0.25, -0.2) is 13.4 Å². The third-order valence-electron chi connectivity index (χ3n) is 4.81. The van der Waals surface area contributed by atoms with Gasteiger partial charge in [0.1, 0.15) is 0 Å². The van der Waals surface area contributed by atoms with Crippen molar-refractivity contribution in [3.63, 3.8) is 0 Å². The highest BCUT2D eigenvalue weighted by molar-refractivity contribution is 7.89. The highest BCUT2D eigenvalue weighted by atomic mass is 32.2. The van der Waals surface area contributed by atoms with Gasteiger partial charge in [-0.2, -0.15) is 4.31 Å². The molecular formula is C21H21N3O3S2. The van der Waals surface area contributed by atoms with Crippen LogP contribution in [-0.4, -0.2) is 30.2 Å². The van der Waals surface area contributed by atoms with E-state index < -0.39 is 10.0 Å². The van der Waals surface area contributed by atoms with Crippen LogP contribution in [0.1, 0.15) is 21.7 Å². The fraction of sp³-hybridized carbons (Fsp3) is 0.238. The quantitative estimate of drug-likeness (QED) is 0.677. The zero-order valence-electron chi connectivity index (χ0n) is 16.0. The number of nitrogens with zero attached hydrogens (tertiary/aromatic N) is 2. The van der Waals surface area contributed by atoms with Gasteiger partial charge in [0.25, 0.3) is 0 Å². The predicted molar refractivity (Wildman–Crippen MR) is 113 cm³/mol. The summed E-state index contributed by atoms with van der Waals surface area (Å²) in [5.41, 5.74) is 2.95. The fourth-order valence-electron chi connectivity index (χ4n) is 3.23. The normalized spacial score (nSPS) is 14.4. The number of hydrogen-bond acceptors (Lipinski definition) is 5. The lowest BCUT2D eigenvalue weighted by Crippen LogP contribution is -2.35. The molecule has 2 aromatic carbocycles. The number of amides is 1. The molecule has 4 rings (SSSR count). The summed E-state index contributed by atoms with van der Waals surface area (Å²) in [4.78, 5) is 18.0. The summed E-state index contributed by atoms with van der Waals surface area (Å²) in [6.45, 7) is 2.66. The Balaban J connectivity index is 1.44. The summed E-state index contributed by atoms with van der Waals surface area (Å²) in [5, 5.41) is 3.37. The van der Waals surface area contributed by atoms with E-state index in [4.69, 9.17) is 0 Å². The molecule has 0 unspecified atom stereocenters. The van der Waals surface area contributed by atoms with Gasteiger partial charge in [0.15, 0.2) is 5.13 Å². The first kappa shape index (κ1) is 19.8. The number of anilines is 1. The Kier molecular flexibility index (Phi) is 5.49. The van der Waals surface area contributed by atoms with Crippen molar-refractivity contribution in [2.24, 2.45) is 0 Å². The molecule has 1 amide bonds. The first-order valence-corrected chi connectivity index (χ1v) is 11.6. The molecule has 0 fully saturated rings. The maximum atomic E-state index is 12.8. The number of carbonyl (C=O) groups is 1. The molecule has 0 saturated heterocycles. The van der Waals surface area contributed by atoms with Gasteiger partial charge in [-0.05, 0) is 24.6 Å². The van der Waals surface area contributed by atoms with Gasteiger partial charge in [0.05, 0.1) is 23.6 Å². The maximum absolute atomic E-state index is 12.8. The van der Waals surface area contributed by atoms with Crippen LogP contribution in [0, 0.1) is 6.92 Å². The molecule has 0 spiro atoms. The van der Waals surface area contributed by atoms with Gasteiger partial charge in [0, 0.05) is 17.8 Å². The van der Waals surface area contributed by atoms with Crippen LogP contribution in [-0.2, 0) is 34.2 Å². The number of nitrogens with one attached hydrogen (secondary N) is 1. The molecule has 1 aromatic heterocycles. The minimum absolute atomic E-state index is 0.131. The van der Waals surface area contributed by atoms with Crippen LogP contribution >= 0.6 is 11.3 Å². The standard InChI is InChI=1S/C21H21N3O3S2/c1-15-7-9-16(10-8-15)13-20(25)23-21-22-18-11-12-24(14-19(18)28-21)29(26,27)17-5-3-2-4-6-17/h2-10H,11-14H2,1H3,(H,22,23,25). The smallest absolute Gasteiger partial charge is 0.243 e. The van der Waals surface area contributed by atoms with Crippen LogP contribution in [0.4, 0.5) is 5.13 Å². The number of sulfonamides is 1. The predicted octanol–water partition coefficient (Wildman–Crippen LogP) is 3.38. The molecule has 1 aliphatic heterocycles. The zero-order valence-corrected chi connectivity index (χ0v) is 17.6. The van der Waals surface area contributed by atoms with Crippen LogP contribution in [0.2, 0.25) is 0 Å². The third-order valence-corrected chi connectivity index (χ3v) is 7.67. The minimum atomic E-state index is -3.54. The van der Waals surface area contributed by atoms with Gasteiger partial charge in [-0.3, -0.25) is 4.79 Å². The Bertz CT molecular complexity index is 1120. The number of rotatable bonds is 5. The molecule has 150 valence electrons. The highest BCUT2D eigenvalue weighted by Gasteiger charge is 2.30. The van der Waals surface area contributed by atoms with E-state index in [1.807, 2.05) is 31.2 Å². The van der Waals surface area contributed by atoms with Crippen molar-refractivity contribution in [2.45, 2.75) is 31.2 Å². The van der Waals surface area contributed by atoms with E-state index in [1.165, 1.54) is 15.6 Å². The fourth-order valence-corrected chi connectivity index (χ4v) is 5.78. The zero-order chi connectivity index (χ0) is 20.4. The summed E-state index contributed by atoms with van der Waals surface area (Å²) in [7, 11) is -3.54. The van der Waals surface area contributed by atoms with Crippen molar-refractivity contribution in [3.05, 3.63) is 76.3 Å².